The van der Waals surface area contributed by atoms with E-state index < -0.39 is 0 Å². The maximum Gasteiger partial charge on any atom is 0.226 e. The van der Waals surface area contributed by atoms with Crippen LogP contribution in [0.5, 0.6) is 11.5 Å². The molecule has 27 heavy (non-hydrogen) atoms. The van der Waals surface area contributed by atoms with E-state index in [1.807, 2.05) is 91.0 Å². The molecule has 0 spiro atoms. The van der Waals surface area contributed by atoms with Gasteiger partial charge in [-0.1, -0.05) is 54.6 Å². The second-order valence-corrected chi connectivity index (χ2v) is 6.45. The quantitative estimate of drug-likeness (QED) is 0.301. The molecule has 0 atom stereocenters. The molecular formula is C24H21NO2. The van der Waals surface area contributed by atoms with Crippen LogP contribution >= 0.6 is 0 Å². The van der Waals surface area contributed by atoms with E-state index in [1.165, 1.54) is 0 Å². The van der Waals surface area contributed by atoms with Gasteiger partial charge in [-0.25, -0.2) is 4.99 Å². The van der Waals surface area contributed by atoms with Gasteiger partial charge in [-0.3, -0.25) is 0 Å². The van der Waals surface area contributed by atoms with E-state index in [0.717, 1.165) is 35.6 Å². The second-order valence-electron chi connectivity index (χ2n) is 6.45. The van der Waals surface area contributed by atoms with Crippen LogP contribution in [0.3, 0.4) is 0 Å². The van der Waals surface area contributed by atoms with Crippen molar-refractivity contribution < 1.29 is 9.47 Å². The topological polar surface area (TPSA) is 30.8 Å². The van der Waals surface area contributed by atoms with Crippen molar-refractivity contribution >= 4 is 11.6 Å². The average molecular weight is 355 g/mol. The number of hydrogen-bond acceptors (Lipinski definition) is 3. The highest BCUT2D eigenvalue weighted by Gasteiger charge is 2.31. The third-order valence-electron chi connectivity index (χ3n) is 4.27. The van der Waals surface area contributed by atoms with E-state index >= 15 is 0 Å². The molecule has 4 rings (SSSR count). The molecule has 0 aliphatic heterocycles. The molecule has 0 heterocycles. The molecule has 1 saturated carbocycles. The Bertz CT molecular complexity index is 914. The van der Waals surface area contributed by atoms with Crippen molar-refractivity contribution in [3.8, 4) is 11.5 Å². The van der Waals surface area contributed by atoms with Gasteiger partial charge in [0.2, 0.25) is 5.90 Å². The number of rotatable bonds is 6. The molecule has 0 bridgehead atoms. The van der Waals surface area contributed by atoms with Crippen LogP contribution in [0.25, 0.3) is 0 Å². The van der Waals surface area contributed by atoms with E-state index in [0.29, 0.717) is 11.8 Å². The van der Waals surface area contributed by atoms with Gasteiger partial charge in [0.15, 0.2) is 0 Å². The minimum Gasteiger partial charge on any atom is -0.465 e. The van der Waals surface area contributed by atoms with Gasteiger partial charge < -0.3 is 9.47 Å². The smallest absolute Gasteiger partial charge is 0.226 e. The molecule has 1 aliphatic rings. The van der Waals surface area contributed by atoms with Gasteiger partial charge in [-0.15, -0.1) is 0 Å². The molecule has 0 radical (unpaired) electrons. The summed E-state index contributed by atoms with van der Waals surface area (Å²) in [5.41, 5.74) is 1.85. The summed E-state index contributed by atoms with van der Waals surface area (Å²) < 4.78 is 12.1. The molecule has 0 amide bonds. The summed E-state index contributed by atoms with van der Waals surface area (Å²) in [4.78, 5) is 4.77. The van der Waals surface area contributed by atoms with Crippen LogP contribution in [0.1, 0.15) is 12.8 Å². The van der Waals surface area contributed by atoms with E-state index in [9.17, 15) is 0 Å². The molecule has 134 valence electrons. The molecule has 3 nitrogen and oxygen atoms in total. The Morgan fingerprint density at radius 3 is 1.89 bits per heavy atom. The largest absolute Gasteiger partial charge is 0.465 e. The summed E-state index contributed by atoms with van der Waals surface area (Å²) in [7, 11) is 0. The van der Waals surface area contributed by atoms with Crippen molar-refractivity contribution in [3.63, 3.8) is 0 Å². The second kappa shape index (κ2) is 8.37. The fraction of sp³-hybridized carbons (Fsp3) is 0.125. The molecule has 3 heteroatoms. The van der Waals surface area contributed by atoms with Gasteiger partial charge >= 0.3 is 0 Å². The van der Waals surface area contributed by atoms with Crippen molar-refractivity contribution in [3.05, 3.63) is 103 Å². The number of ether oxygens (including phenoxy) is 2. The molecule has 1 aliphatic carbocycles. The van der Waals surface area contributed by atoms with Crippen LogP contribution in [-0.4, -0.2) is 5.90 Å². The first kappa shape index (κ1) is 17.1. The predicted molar refractivity (Wildman–Crippen MR) is 108 cm³/mol. The fourth-order valence-corrected chi connectivity index (χ4v) is 2.71. The highest BCUT2D eigenvalue weighted by atomic mass is 16.5. The van der Waals surface area contributed by atoms with Crippen LogP contribution < -0.4 is 9.47 Å². The minimum atomic E-state index is 0.417. The molecule has 0 aromatic heterocycles. The summed E-state index contributed by atoms with van der Waals surface area (Å²) in [6, 6.07) is 29.4. The Hall–Kier alpha value is -3.33. The lowest BCUT2D eigenvalue weighted by molar-refractivity contribution is 0.469. The standard InChI is InChI=1S/C24H21NO2/c1-4-10-20(11-5-1)25-24(27-22-14-8-3-9-15-22)23(19-16-17-19)18-26-21-12-6-2-7-13-21/h1-15,18-19H,16-17H2/b23-18+,25-24+. The Labute approximate surface area is 159 Å². The summed E-state index contributed by atoms with van der Waals surface area (Å²) in [6.07, 6.45) is 4.03. The van der Waals surface area contributed by atoms with Crippen molar-refractivity contribution in [2.45, 2.75) is 12.8 Å². The first-order valence-corrected chi connectivity index (χ1v) is 9.17. The Kier molecular flexibility index (Phi) is 5.30. The highest BCUT2D eigenvalue weighted by molar-refractivity contribution is 5.97. The van der Waals surface area contributed by atoms with E-state index in [4.69, 9.17) is 14.5 Å². The van der Waals surface area contributed by atoms with Crippen LogP contribution in [0.15, 0.2) is 108 Å². The monoisotopic (exact) mass is 355 g/mol. The highest BCUT2D eigenvalue weighted by Crippen LogP contribution is 2.38. The molecular weight excluding hydrogens is 334 g/mol. The van der Waals surface area contributed by atoms with Gasteiger partial charge in [0.1, 0.15) is 11.5 Å². The molecule has 3 aromatic carbocycles. The Balaban J connectivity index is 1.67. The number of para-hydroxylation sites is 3. The van der Waals surface area contributed by atoms with Crippen molar-refractivity contribution in [1.29, 1.82) is 0 Å². The van der Waals surface area contributed by atoms with Gasteiger partial charge in [-0.2, -0.15) is 0 Å². The molecule has 1 fully saturated rings. The van der Waals surface area contributed by atoms with Crippen molar-refractivity contribution in [2.75, 3.05) is 0 Å². The third kappa shape index (κ3) is 4.85. The molecule has 0 N–H and O–H groups in total. The zero-order chi connectivity index (χ0) is 18.3. The maximum absolute atomic E-state index is 6.17. The van der Waals surface area contributed by atoms with Gasteiger partial charge in [0.05, 0.1) is 17.5 Å². The lowest BCUT2D eigenvalue weighted by atomic mass is 10.2. The molecule has 0 saturated heterocycles. The van der Waals surface area contributed by atoms with E-state index in [1.54, 1.807) is 6.26 Å². The van der Waals surface area contributed by atoms with Crippen LogP contribution in [0, 0.1) is 5.92 Å². The van der Waals surface area contributed by atoms with Crippen LogP contribution in [0.4, 0.5) is 5.69 Å². The number of aliphatic imine (C=N–C) groups is 1. The Morgan fingerprint density at radius 1 is 0.741 bits per heavy atom. The lowest BCUT2D eigenvalue weighted by Crippen LogP contribution is -2.14. The van der Waals surface area contributed by atoms with Gasteiger partial charge in [-0.05, 0) is 55.2 Å². The SMILES string of the molecule is C(/Oc1ccccc1)=C(\C(=N/c1ccccc1)Oc1ccccc1)C1CC1. The first-order valence-electron chi connectivity index (χ1n) is 9.17. The summed E-state index contributed by atoms with van der Waals surface area (Å²) in [6.45, 7) is 0. The number of benzene rings is 3. The summed E-state index contributed by atoms with van der Waals surface area (Å²) in [5.74, 6) is 2.57. The predicted octanol–water partition coefficient (Wildman–Crippen LogP) is 6.17. The van der Waals surface area contributed by atoms with Gasteiger partial charge in [0, 0.05) is 0 Å². The third-order valence-corrected chi connectivity index (χ3v) is 4.27. The zero-order valence-electron chi connectivity index (χ0n) is 15.0. The first-order chi connectivity index (χ1) is 13.4. The Morgan fingerprint density at radius 2 is 1.30 bits per heavy atom. The summed E-state index contributed by atoms with van der Waals surface area (Å²) in [5, 5.41) is 0. The average Bonchev–Trinajstić information content (AvgIpc) is 3.56. The molecule has 0 unspecified atom stereocenters. The lowest BCUT2D eigenvalue weighted by Gasteiger charge is -2.13. The van der Waals surface area contributed by atoms with E-state index in [-0.39, 0.29) is 0 Å². The van der Waals surface area contributed by atoms with Crippen molar-refractivity contribution in [2.24, 2.45) is 10.9 Å². The summed E-state index contributed by atoms with van der Waals surface area (Å²) >= 11 is 0. The van der Waals surface area contributed by atoms with Crippen LogP contribution in [-0.2, 0) is 0 Å². The number of hydrogen-bond donors (Lipinski definition) is 0. The minimum absolute atomic E-state index is 0.417. The zero-order valence-corrected chi connectivity index (χ0v) is 15.0. The number of nitrogens with zero attached hydrogens (tertiary/aromatic N) is 1. The molecule has 3 aromatic rings. The fourth-order valence-electron chi connectivity index (χ4n) is 2.71. The van der Waals surface area contributed by atoms with Crippen LogP contribution in [0.2, 0.25) is 0 Å². The van der Waals surface area contributed by atoms with Crippen molar-refractivity contribution in [1.82, 2.24) is 0 Å². The maximum atomic E-state index is 6.17. The van der Waals surface area contributed by atoms with E-state index in [2.05, 4.69) is 0 Å². The normalized spacial score (nSPS) is 14.7. The van der Waals surface area contributed by atoms with Gasteiger partial charge in [0.25, 0.3) is 0 Å².